The molecule has 1 aromatic rings. The average molecular weight is 377 g/mol. The number of ketones is 1. The lowest BCUT2D eigenvalue weighted by Gasteiger charge is -2.02. The van der Waals surface area contributed by atoms with Gasteiger partial charge in [-0.05, 0) is 50.7 Å². The van der Waals surface area contributed by atoms with Crippen molar-refractivity contribution in [2.24, 2.45) is 0 Å². The molecule has 70 valence electrons. The highest BCUT2D eigenvalue weighted by Gasteiger charge is 2.12. The molecule has 0 N–H and O–H groups in total. The molecule has 1 rings (SSSR count). The number of carbonyl (C=O) groups excluding carboxylic acids is 1. The van der Waals surface area contributed by atoms with Crippen LogP contribution in [0.5, 0.6) is 0 Å². The van der Waals surface area contributed by atoms with Crippen LogP contribution in [0.2, 0.25) is 0 Å². The SMILES string of the molecule is O=C(CCl)c1cc(Br)c(I)cc1F. The molecule has 1 aromatic carbocycles. The minimum absolute atomic E-state index is 0.0299. The Bertz CT molecular complexity index is 356. The smallest absolute Gasteiger partial charge is 0.180 e. The first-order chi connectivity index (χ1) is 6.06. The first-order valence-electron chi connectivity index (χ1n) is 3.30. The zero-order valence-electron chi connectivity index (χ0n) is 6.28. The first kappa shape index (κ1) is 11.4. The molecule has 0 heterocycles. The molecule has 0 saturated carbocycles. The zero-order chi connectivity index (χ0) is 10.0. The fourth-order valence-corrected chi connectivity index (χ4v) is 1.72. The molecule has 0 unspecified atom stereocenters. The van der Waals surface area contributed by atoms with Gasteiger partial charge >= 0.3 is 0 Å². The van der Waals surface area contributed by atoms with Gasteiger partial charge in [-0.2, -0.15) is 0 Å². The number of halogens is 4. The fourth-order valence-electron chi connectivity index (χ4n) is 0.808. The summed E-state index contributed by atoms with van der Waals surface area (Å²) in [4.78, 5) is 11.1. The maximum absolute atomic E-state index is 13.2. The number of rotatable bonds is 2. The number of alkyl halides is 1. The van der Waals surface area contributed by atoms with Crippen molar-refractivity contribution in [2.45, 2.75) is 0 Å². The Hall–Kier alpha value is 0.320. The Kier molecular flexibility index (Phi) is 4.12. The van der Waals surface area contributed by atoms with Crippen LogP contribution in [0.3, 0.4) is 0 Å². The number of hydrogen-bond donors (Lipinski definition) is 0. The van der Waals surface area contributed by atoms with Crippen LogP contribution >= 0.6 is 50.1 Å². The van der Waals surface area contributed by atoms with Gasteiger partial charge in [0.1, 0.15) is 5.82 Å². The second kappa shape index (κ2) is 4.70. The largest absolute Gasteiger partial charge is 0.293 e. The lowest BCUT2D eigenvalue weighted by Crippen LogP contribution is -2.04. The van der Waals surface area contributed by atoms with Crippen molar-refractivity contribution in [1.82, 2.24) is 0 Å². The maximum Gasteiger partial charge on any atom is 0.180 e. The summed E-state index contributed by atoms with van der Waals surface area (Å²) in [6, 6.07) is 2.74. The van der Waals surface area contributed by atoms with Crippen LogP contribution in [-0.2, 0) is 0 Å². The summed E-state index contributed by atoms with van der Waals surface area (Å²) >= 11 is 10.5. The molecule has 0 spiro atoms. The van der Waals surface area contributed by atoms with Gasteiger partial charge in [-0.1, -0.05) is 0 Å². The molecule has 0 aromatic heterocycles. The van der Waals surface area contributed by atoms with Crippen molar-refractivity contribution < 1.29 is 9.18 Å². The highest BCUT2D eigenvalue weighted by Crippen LogP contribution is 2.23. The van der Waals surface area contributed by atoms with Gasteiger partial charge in [0, 0.05) is 8.04 Å². The molecule has 0 radical (unpaired) electrons. The van der Waals surface area contributed by atoms with Crippen LogP contribution in [0.4, 0.5) is 4.39 Å². The van der Waals surface area contributed by atoms with Crippen LogP contribution in [-0.4, -0.2) is 11.7 Å². The molecule has 13 heavy (non-hydrogen) atoms. The van der Waals surface area contributed by atoms with Crippen molar-refractivity contribution in [1.29, 1.82) is 0 Å². The average Bonchev–Trinajstić information content (AvgIpc) is 2.10. The van der Waals surface area contributed by atoms with Gasteiger partial charge in [0.25, 0.3) is 0 Å². The Morgan fingerprint density at radius 1 is 1.62 bits per heavy atom. The molecule has 0 atom stereocenters. The molecule has 5 heteroatoms. The van der Waals surface area contributed by atoms with Crippen molar-refractivity contribution in [3.8, 4) is 0 Å². The third kappa shape index (κ3) is 2.63. The highest BCUT2D eigenvalue weighted by atomic mass is 127. The molecule has 0 saturated heterocycles. The molecule has 0 aliphatic heterocycles. The van der Waals surface area contributed by atoms with Crippen molar-refractivity contribution in [3.63, 3.8) is 0 Å². The van der Waals surface area contributed by atoms with E-state index < -0.39 is 11.6 Å². The lowest BCUT2D eigenvalue weighted by atomic mass is 10.1. The van der Waals surface area contributed by atoms with E-state index in [-0.39, 0.29) is 11.4 Å². The topological polar surface area (TPSA) is 17.1 Å². The molecule has 0 amide bonds. The monoisotopic (exact) mass is 376 g/mol. The molecule has 1 nitrogen and oxygen atoms in total. The number of carbonyl (C=O) groups is 1. The van der Waals surface area contributed by atoms with E-state index in [0.717, 1.165) is 3.57 Å². The van der Waals surface area contributed by atoms with Crippen LogP contribution in [0, 0.1) is 9.39 Å². The summed E-state index contributed by atoms with van der Waals surface area (Å²) in [5, 5.41) is 0. The lowest BCUT2D eigenvalue weighted by molar-refractivity contribution is 0.101. The van der Waals surface area contributed by atoms with Gasteiger partial charge < -0.3 is 0 Å². The molecule has 0 bridgehead atoms. The van der Waals surface area contributed by atoms with Crippen LogP contribution in [0.25, 0.3) is 0 Å². The predicted octanol–water partition coefficient (Wildman–Crippen LogP) is 3.61. The Labute approximate surface area is 102 Å². The van der Waals surface area contributed by atoms with Crippen LogP contribution < -0.4 is 0 Å². The Balaban J connectivity index is 3.23. The van der Waals surface area contributed by atoms with Gasteiger partial charge in [-0.25, -0.2) is 4.39 Å². The normalized spacial score (nSPS) is 10.2. The second-order valence-electron chi connectivity index (χ2n) is 2.30. The van der Waals surface area contributed by atoms with Crippen molar-refractivity contribution >= 4 is 55.9 Å². The van der Waals surface area contributed by atoms with E-state index in [1.165, 1.54) is 12.1 Å². The minimum Gasteiger partial charge on any atom is -0.293 e. The van der Waals surface area contributed by atoms with E-state index in [1.807, 2.05) is 22.6 Å². The van der Waals surface area contributed by atoms with E-state index >= 15 is 0 Å². The summed E-state index contributed by atoms with van der Waals surface area (Å²) in [7, 11) is 0. The van der Waals surface area contributed by atoms with E-state index in [1.54, 1.807) is 0 Å². The standard InChI is InChI=1S/C8H4BrClFIO/c9-5-1-4(8(13)3-10)6(11)2-7(5)12/h1-2H,3H2. The predicted molar refractivity (Wildman–Crippen MR) is 61.9 cm³/mol. The van der Waals surface area contributed by atoms with Crippen molar-refractivity contribution in [3.05, 3.63) is 31.6 Å². The van der Waals surface area contributed by atoms with Gasteiger partial charge in [0.05, 0.1) is 11.4 Å². The third-order valence-corrected chi connectivity index (χ3v) is 3.96. The number of benzene rings is 1. The van der Waals surface area contributed by atoms with E-state index in [9.17, 15) is 9.18 Å². The van der Waals surface area contributed by atoms with Crippen molar-refractivity contribution in [2.75, 3.05) is 5.88 Å². The summed E-state index contributed by atoms with van der Waals surface area (Å²) < 4.78 is 14.6. The Morgan fingerprint density at radius 2 is 2.23 bits per heavy atom. The van der Waals surface area contributed by atoms with Gasteiger partial charge in [-0.15, -0.1) is 11.6 Å². The zero-order valence-corrected chi connectivity index (χ0v) is 10.8. The number of Topliss-reactive ketones (excluding diaryl/α,β-unsaturated/α-hetero) is 1. The summed E-state index contributed by atoms with van der Waals surface area (Å²) in [5.41, 5.74) is 0.0299. The molecule has 0 aliphatic carbocycles. The van der Waals surface area contributed by atoms with Gasteiger partial charge in [-0.3, -0.25) is 4.79 Å². The Morgan fingerprint density at radius 3 is 2.77 bits per heavy atom. The summed E-state index contributed by atoms with van der Waals surface area (Å²) in [6.07, 6.45) is 0. The van der Waals surface area contributed by atoms with E-state index in [0.29, 0.717) is 4.47 Å². The highest BCUT2D eigenvalue weighted by molar-refractivity contribution is 14.1. The molecule has 0 fully saturated rings. The van der Waals surface area contributed by atoms with E-state index in [2.05, 4.69) is 15.9 Å². The molecular weight excluding hydrogens is 373 g/mol. The quantitative estimate of drug-likeness (QED) is 0.333. The van der Waals surface area contributed by atoms with Gasteiger partial charge in [0.2, 0.25) is 0 Å². The number of hydrogen-bond acceptors (Lipinski definition) is 1. The van der Waals surface area contributed by atoms with Gasteiger partial charge in [0.15, 0.2) is 5.78 Å². The van der Waals surface area contributed by atoms with Crippen LogP contribution in [0.15, 0.2) is 16.6 Å². The third-order valence-electron chi connectivity index (χ3n) is 1.43. The molecular formula is C8H4BrClFIO. The first-order valence-corrected chi connectivity index (χ1v) is 5.70. The minimum atomic E-state index is -0.529. The molecule has 0 aliphatic rings. The fraction of sp³-hybridized carbons (Fsp3) is 0.125. The summed E-state index contributed by atoms with van der Waals surface area (Å²) in [6.45, 7) is 0. The maximum atomic E-state index is 13.2. The van der Waals surface area contributed by atoms with Crippen LogP contribution in [0.1, 0.15) is 10.4 Å². The second-order valence-corrected chi connectivity index (χ2v) is 4.59. The summed E-state index contributed by atoms with van der Waals surface area (Å²) in [5.74, 6) is -1.14. The van der Waals surface area contributed by atoms with E-state index in [4.69, 9.17) is 11.6 Å².